The highest BCUT2D eigenvalue weighted by atomic mass is 35.5. The number of aromatic nitrogens is 3. The van der Waals surface area contributed by atoms with Crippen molar-refractivity contribution in [2.45, 2.75) is 76.6 Å². The zero-order valence-electron chi connectivity index (χ0n) is 23.4. The molecule has 0 aliphatic heterocycles. The molecule has 0 saturated carbocycles. The van der Waals surface area contributed by atoms with Crippen molar-refractivity contribution in [2.75, 3.05) is 7.11 Å². The topological polar surface area (TPSA) is 145 Å². The van der Waals surface area contributed by atoms with Gasteiger partial charge in [-0.05, 0) is 40.2 Å². The molecular weight excluding hydrogens is 644 g/mol. The molecule has 2 N–H and O–H groups in total. The van der Waals surface area contributed by atoms with Gasteiger partial charge in [0.25, 0.3) is 0 Å². The van der Waals surface area contributed by atoms with Gasteiger partial charge in [-0.2, -0.15) is 22.9 Å². The number of nitrogens with zero attached hydrogens (tertiary/aromatic N) is 3. The maximum Gasteiger partial charge on any atom is 0.404 e. The number of alkyl halides is 3. The van der Waals surface area contributed by atoms with E-state index in [1.807, 2.05) is 13.8 Å². The van der Waals surface area contributed by atoms with Gasteiger partial charge in [-0.1, -0.05) is 41.3 Å². The zero-order valence-corrected chi connectivity index (χ0v) is 26.5. The predicted octanol–water partition coefficient (Wildman–Crippen LogP) is 6.41. The van der Waals surface area contributed by atoms with Crippen LogP contribution in [0.3, 0.4) is 0 Å². The lowest BCUT2D eigenvalue weighted by Gasteiger charge is -2.22. The van der Waals surface area contributed by atoms with E-state index in [0.29, 0.717) is 10.6 Å². The number of aliphatic carboxylic acids is 1. The van der Waals surface area contributed by atoms with Crippen molar-refractivity contribution in [3.05, 3.63) is 33.8 Å². The molecule has 0 fully saturated rings. The number of thiazole rings is 1. The summed E-state index contributed by atoms with van der Waals surface area (Å²) in [7, 11) is -3.18. The van der Waals surface area contributed by atoms with Crippen LogP contribution >= 0.6 is 34.5 Å². The van der Waals surface area contributed by atoms with E-state index in [-0.39, 0.29) is 40.2 Å². The van der Waals surface area contributed by atoms with Gasteiger partial charge in [0.1, 0.15) is 10.9 Å². The summed E-state index contributed by atoms with van der Waals surface area (Å²) < 4.78 is 77.9. The molecule has 0 saturated heterocycles. The van der Waals surface area contributed by atoms with Gasteiger partial charge in [-0.25, -0.2) is 13.4 Å². The molecule has 1 atom stereocenters. The number of ether oxygens (including phenoxy) is 1. The zero-order chi connectivity index (χ0) is 31.8. The SMILES string of the molecule is CC[C@H](NS(=O)(=O)c1ccc(-c2sc(-c3noc(CC(C)(C)C(=O)O)n3)nc2CC(C)(C)OC)c(Cl)c1Cl)C(F)(F)F. The first-order valence-corrected chi connectivity index (χ1v) is 15.5. The van der Waals surface area contributed by atoms with Gasteiger partial charge in [-0.15, -0.1) is 11.3 Å². The van der Waals surface area contributed by atoms with Crippen LogP contribution in [0.15, 0.2) is 21.6 Å². The number of rotatable bonds is 12. The third-order valence-corrected chi connectivity index (χ3v) is 9.99. The van der Waals surface area contributed by atoms with Gasteiger partial charge in [0.15, 0.2) is 5.01 Å². The van der Waals surface area contributed by atoms with Gasteiger partial charge in [0.05, 0.1) is 31.6 Å². The Kier molecular flexibility index (Phi) is 10.1. The molecule has 0 radical (unpaired) electrons. The fraction of sp³-hybridized carbons (Fsp3) is 0.520. The Bertz CT molecular complexity index is 1570. The van der Waals surface area contributed by atoms with Crippen molar-refractivity contribution in [1.82, 2.24) is 19.8 Å². The minimum atomic E-state index is -4.81. The van der Waals surface area contributed by atoms with E-state index in [9.17, 15) is 31.5 Å². The summed E-state index contributed by atoms with van der Waals surface area (Å²) in [4.78, 5) is 20.3. The summed E-state index contributed by atoms with van der Waals surface area (Å²) in [6.45, 7) is 7.86. The first-order valence-electron chi connectivity index (χ1n) is 12.4. The van der Waals surface area contributed by atoms with E-state index in [1.165, 1.54) is 33.9 Å². The minimum Gasteiger partial charge on any atom is -0.481 e. The Morgan fingerprint density at radius 3 is 2.33 bits per heavy atom. The maximum absolute atomic E-state index is 13.3. The Balaban J connectivity index is 2.09. The molecule has 17 heteroatoms. The van der Waals surface area contributed by atoms with E-state index in [2.05, 4.69) is 15.1 Å². The summed E-state index contributed by atoms with van der Waals surface area (Å²) >= 11 is 14.0. The lowest BCUT2D eigenvalue weighted by Crippen LogP contribution is -2.44. The largest absolute Gasteiger partial charge is 0.481 e. The molecule has 0 bridgehead atoms. The molecule has 2 aromatic heterocycles. The van der Waals surface area contributed by atoms with E-state index >= 15 is 0 Å². The number of sulfonamides is 1. The summed E-state index contributed by atoms with van der Waals surface area (Å²) in [5.74, 6) is -0.874. The number of carboxylic acid groups (broad SMARTS) is 1. The van der Waals surface area contributed by atoms with E-state index < -0.39 is 55.6 Å². The van der Waals surface area contributed by atoms with E-state index in [1.54, 1.807) is 4.72 Å². The number of halogens is 5. The molecule has 232 valence electrons. The summed E-state index contributed by atoms with van der Waals surface area (Å²) in [5.41, 5.74) is -1.13. The highest BCUT2D eigenvalue weighted by molar-refractivity contribution is 7.89. The number of hydrogen-bond donors (Lipinski definition) is 2. The second kappa shape index (κ2) is 12.4. The van der Waals surface area contributed by atoms with Crippen molar-refractivity contribution in [2.24, 2.45) is 5.41 Å². The van der Waals surface area contributed by atoms with Crippen molar-refractivity contribution in [3.8, 4) is 21.3 Å². The summed E-state index contributed by atoms with van der Waals surface area (Å²) in [6, 6.07) is 0.0829. The second-order valence-corrected chi connectivity index (χ2v) is 14.1. The quantitative estimate of drug-likeness (QED) is 0.223. The molecule has 0 unspecified atom stereocenters. The van der Waals surface area contributed by atoms with Gasteiger partial charge in [0, 0.05) is 25.5 Å². The number of carbonyl (C=O) groups is 1. The number of nitrogens with one attached hydrogen (secondary N) is 1. The number of carboxylic acids is 1. The summed E-state index contributed by atoms with van der Waals surface area (Å²) in [5, 5.41) is 12.9. The molecule has 1 aromatic carbocycles. The van der Waals surface area contributed by atoms with Gasteiger partial charge in [0.2, 0.25) is 21.7 Å². The molecule has 42 heavy (non-hydrogen) atoms. The molecule has 3 aromatic rings. The average Bonchev–Trinajstić information content (AvgIpc) is 3.49. The molecule has 10 nitrogen and oxygen atoms in total. The Morgan fingerprint density at radius 1 is 1.14 bits per heavy atom. The fourth-order valence-electron chi connectivity index (χ4n) is 3.67. The van der Waals surface area contributed by atoms with Crippen LogP contribution in [0.1, 0.15) is 52.6 Å². The van der Waals surface area contributed by atoms with Gasteiger partial charge >= 0.3 is 12.1 Å². The lowest BCUT2D eigenvalue weighted by atomic mass is 9.90. The first-order chi connectivity index (χ1) is 19.2. The van der Waals surface area contributed by atoms with Crippen LogP contribution < -0.4 is 4.72 Å². The highest BCUT2D eigenvalue weighted by Crippen LogP contribution is 2.44. The molecule has 0 aliphatic rings. The monoisotopic (exact) mass is 672 g/mol. The van der Waals surface area contributed by atoms with Crippen molar-refractivity contribution in [3.63, 3.8) is 0 Å². The van der Waals surface area contributed by atoms with E-state index in [4.69, 9.17) is 32.5 Å². The number of benzene rings is 1. The van der Waals surface area contributed by atoms with Crippen molar-refractivity contribution in [1.29, 1.82) is 0 Å². The predicted molar refractivity (Wildman–Crippen MR) is 151 cm³/mol. The average molecular weight is 674 g/mol. The standard InChI is InChI=1S/C25H29Cl2F3N4O6S2/c1-7-15(25(28,29)30)34-42(37,38)14-9-8-12(17(26)18(14)27)19-13(10-24(4,5)39-6)31-21(41-19)20-32-16(40-33-20)11-23(2,3)22(35)36/h8-9,15,34H,7,10-11H2,1-6H3,(H,35,36)/t15-/m0/s1. The second-order valence-electron chi connectivity index (χ2n) is 10.7. The summed E-state index contributed by atoms with van der Waals surface area (Å²) in [6.07, 6.45) is -5.11. The van der Waals surface area contributed by atoms with Crippen LogP contribution in [0.2, 0.25) is 10.0 Å². The van der Waals surface area contributed by atoms with E-state index in [0.717, 1.165) is 17.4 Å². The van der Waals surface area contributed by atoms with Gasteiger partial charge < -0.3 is 14.4 Å². The van der Waals surface area contributed by atoms with Crippen LogP contribution in [0.25, 0.3) is 21.3 Å². The molecule has 3 rings (SSSR count). The Labute approximate surface area is 254 Å². The number of hydrogen-bond acceptors (Lipinski definition) is 9. The van der Waals surface area contributed by atoms with Crippen LogP contribution in [0.4, 0.5) is 13.2 Å². The Morgan fingerprint density at radius 2 is 1.79 bits per heavy atom. The molecular formula is C25H29Cl2F3N4O6S2. The van der Waals surface area contributed by atoms with Crippen LogP contribution in [-0.2, 0) is 32.4 Å². The van der Waals surface area contributed by atoms with Crippen LogP contribution in [-0.4, -0.2) is 59.5 Å². The molecule has 2 heterocycles. The first kappa shape index (κ1) is 34.2. The smallest absolute Gasteiger partial charge is 0.404 e. The Hall–Kier alpha value is -2.30. The van der Waals surface area contributed by atoms with Crippen LogP contribution in [0.5, 0.6) is 0 Å². The van der Waals surface area contributed by atoms with Crippen LogP contribution in [0, 0.1) is 5.41 Å². The molecule has 0 spiro atoms. The van der Waals surface area contributed by atoms with Gasteiger partial charge in [-0.3, -0.25) is 4.79 Å². The fourth-order valence-corrected chi connectivity index (χ4v) is 6.93. The molecule has 0 aliphatic carbocycles. The minimum absolute atomic E-state index is 0.0320. The third-order valence-electron chi connectivity index (χ3n) is 6.36. The number of methoxy groups -OCH3 is 1. The lowest BCUT2D eigenvalue weighted by molar-refractivity contribution is -0.151. The normalized spacial score (nSPS) is 13.9. The van der Waals surface area contributed by atoms with Crippen molar-refractivity contribution >= 4 is 50.5 Å². The maximum atomic E-state index is 13.3. The molecule has 0 amide bonds. The van der Waals surface area contributed by atoms with Crippen molar-refractivity contribution < 1.29 is 40.8 Å². The highest BCUT2D eigenvalue weighted by Gasteiger charge is 2.41. The third kappa shape index (κ3) is 7.61.